The van der Waals surface area contributed by atoms with Crippen molar-refractivity contribution in [2.75, 3.05) is 20.1 Å². The van der Waals surface area contributed by atoms with Crippen molar-refractivity contribution in [3.8, 4) is 0 Å². The first-order valence-corrected chi connectivity index (χ1v) is 8.96. The zero-order chi connectivity index (χ0) is 17.4. The smallest absolute Gasteiger partial charge is 0.242 e. The number of nitrogens with zero attached hydrogens (tertiary/aromatic N) is 1. The molecule has 1 saturated heterocycles. The summed E-state index contributed by atoms with van der Waals surface area (Å²) in [5.74, 6) is 0.0429. The molecule has 2 N–H and O–H groups in total. The second-order valence-corrected chi connectivity index (χ2v) is 6.35. The van der Waals surface area contributed by atoms with E-state index in [1.54, 1.807) is 4.90 Å². The van der Waals surface area contributed by atoms with Gasteiger partial charge in [0.05, 0.1) is 0 Å². The number of likely N-dealkylation sites (tertiary alicyclic amines) is 1. The highest BCUT2D eigenvalue weighted by atomic mass is 16.2. The molecule has 0 saturated carbocycles. The third-order valence-corrected chi connectivity index (χ3v) is 4.63. The number of rotatable bonds is 8. The Bertz CT molecular complexity index is 533. The Kier molecular flexibility index (Phi) is 7.25. The van der Waals surface area contributed by atoms with Crippen LogP contribution in [0.4, 0.5) is 0 Å². The van der Waals surface area contributed by atoms with Gasteiger partial charge in [-0.3, -0.25) is 9.59 Å². The Morgan fingerprint density at radius 2 is 2.04 bits per heavy atom. The highest BCUT2D eigenvalue weighted by Gasteiger charge is 2.34. The van der Waals surface area contributed by atoms with Crippen LogP contribution in [-0.4, -0.2) is 42.9 Å². The molecule has 0 bridgehead atoms. The van der Waals surface area contributed by atoms with Gasteiger partial charge in [-0.15, -0.1) is 0 Å². The zero-order valence-electron chi connectivity index (χ0n) is 14.8. The van der Waals surface area contributed by atoms with Gasteiger partial charge in [-0.1, -0.05) is 43.7 Å². The maximum absolute atomic E-state index is 12.7. The van der Waals surface area contributed by atoms with E-state index >= 15 is 0 Å². The van der Waals surface area contributed by atoms with E-state index in [0.717, 1.165) is 31.2 Å². The van der Waals surface area contributed by atoms with Crippen LogP contribution in [0.15, 0.2) is 30.3 Å². The fourth-order valence-corrected chi connectivity index (χ4v) is 3.21. The van der Waals surface area contributed by atoms with E-state index in [4.69, 9.17) is 0 Å². The van der Waals surface area contributed by atoms with Gasteiger partial charge in [0, 0.05) is 25.6 Å². The van der Waals surface area contributed by atoms with Gasteiger partial charge in [-0.25, -0.2) is 0 Å². The second-order valence-electron chi connectivity index (χ2n) is 6.35. The molecular formula is C19H29N3O2. The molecule has 0 aliphatic carbocycles. The van der Waals surface area contributed by atoms with E-state index in [9.17, 15) is 9.59 Å². The van der Waals surface area contributed by atoms with Crippen molar-refractivity contribution >= 4 is 11.8 Å². The van der Waals surface area contributed by atoms with Gasteiger partial charge in [0.1, 0.15) is 6.04 Å². The lowest BCUT2D eigenvalue weighted by molar-refractivity contribution is -0.138. The van der Waals surface area contributed by atoms with Crippen molar-refractivity contribution in [2.45, 2.75) is 51.1 Å². The molecule has 1 fully saturated rings. The molecule has 0 radical (unpaired) electrons. The van der Waals surface area contributed by atoms with Gasteiger partial charge in [0.2, 0.25) is 11.8 Å². The average molecular weight is 331 g/mol. The average Bonchev–Trinajstić information content (AvgIpc) is 3.10. The number of amides is 2. The molecular weight excluding hydrogens is 302 g/mol. The van der Waals surface area contributed by atoms with E-state index in [-0.39, 0.29) is 23.9 Å². The van der Waals surface area contributed by atoms with Crippen molar-refractivity contribution in [2.24, 2.45) is 0 Å². The molecule has 1 aliphatic heterocycles. The van der Waals surface area contributed by atoms with E-state index in [1.807, 2.05) is 37.4 Å². The minimum absolute atomic E-state index is 0.00461. The Hall–Kier alpha value is -1.88. The number of carbonyl (C=O) groups excluding carboxylic acids is 2. The van der Waals surface area contributed by atoms with Crippen LogP contribution < -0.4 is 10.6 Å². The summed E-state index contributed by atoms with van der Waals surface area (Å²) in [6.45, 7) is 3.46. The number of hydrogen-bond acceptors (Lipinski definition) is 3. The number of unbranched alkanes of at least 4 members (excludes halogenated alkanes) is 1. The second kappa shape index (κ2) is 9.42. The number of nitrogens with one attached hydrogen (secondary N) is 2. The molecule has 1 aliphatic rings. The summed E-state index contributed by atoms with van der Waals surface area (Å²) in [5.41, 5.74) is 1.09. The summed E-state index contributed by atoms with van der Waals surface area (Å²) in [5, 5.41) is 6.17. The predicted octanol–water partition coefficient (Wildman–Crippen LogP) is 2.24. The predicted molar refractivity (Wildman–Crippen MR) is 95.5 cm³/mol. The first-order valence-electron chi connectivity index (χ1n) is 8.96. The van der Waals surface area contributed by atoms with E-state index in [1.165, 1.54) is 0 Å². The standard InChI is InChI=1S/C19H29N3O2/c1-3-4-12-21-19(24)17-11-8-13-22(17)18(23)14-16(20-2)15-9-6-5-7-10-15/h5-7,9-10,16-17,20H,3-4,8,11-14H2,1-2H3,(H,21,24)/t16-,17+/m1/s1. The summed E-state index contributed by atoms with van der Waals surface area (Å²) < 4.78 is 0. The number of hydrogen-bond donors (Lipinski definition) is 2. The monoisotopic (exact) mass is 331 g/mol. The fourth-order valence-electron chi connectivity index (χ4n) is 3.21. The first-order chi connectivity index (χ1) is 11.7. The highest BCUT2D eigenvalue weighted by molar-refractivity contribution is 5.88. The molecule has 132 valence electrons. The summed E-state index contributed by atoms with van der Waals surface area (Å²) in [6.07, 6.45) is 4.06. The van der Waals surface area contributed by atoms with Gasteiger partial charge in [-0.2, -0.15) is 0 Å². The summed E-state index contributed by atoms with van der Waals surface area (Å²) in [7, 11) is 1.86. The maximum Gasteiger partial charge on any atom is 0.242 e. The van der Waals surface area contributed by atoms with Crippen LogP contribution in [-0.2, 0) is 9.59 Å². The molecule has 2 rings (SSSR count). The zero-order valence-corrected chi connectivity index (χ0v) is 14.8. The van der Waals surface area contributed by atoms with Crippen molar-refractivity contribution in [3.63, 3.8) is 0 Å². The number of benzene rings is 1. The molecule has 0 aromatic heterocycles. The van der Waals surface area contributed by atoms with Crippen LogP contribution >= 0.6 is 0 Å². The minimum atomic E-state index is -0.303. The lowest BCUT2D eigenvalue weighted by atomic mass is 10.0. The Balaban J connectivity index is 1.95. The van der Waals surface area contributed by atoms with Crippen LogP contribution in [0.2, 0.25) is 0 Å². The highest BCUT2D eigenvalue weighted by Crippen LogP contribution is 2.23. The van der Waals surface area contributed by atoms with Gasteiger partial charge in [0.25, 0.3) is 0 Å². The molecule has 2 atom stereocenters. The Morgan fingerprint density at radius 3 is 2.71 bits per heavy atom. The van der Waals surface area contributed by atoms with Crippen LogP contribution in [0.5, 0.6) is 0 Å². The third kappa shape index (κ3) is 4.81. The molecule has 0 unspecified atom stereocenters. The molecule has 2 amide bonds. The van der Waals surface area contributed by atoms with Crippen LogP contribution in [0.25, 0.3) is 0 Å². The minimum Gasteiger partial charge on any atom is -0.354 e. The quantitative estimate of drug-likeness (QED) is 0.718. The third-order valence-electron chi connectivity index (χ3n) is 4.63. The normalized spacial score (nSPS) is 18.4. The maximum atomic E-state index is 12.7. The summed E-state index contributed by atoms with van der Waals surface area (Å²) >= 11 is 0. The molecule has 1 aromatic carbocycles. The lowest BCUT2D eigenvalue weighted by Gasteiger charge is -2.26. The SMILES string of the molecule is CCCCNC(=O)[C@@H]1CCCN1C(=O)C[C@@H](NC)c1ccccc1. The van der Waals surface area contributed by atoms with Gasteiger partial charge < -0.3 is 15.5 Å². The van der Waals surface area contributed by atoms with Crippen LogP contribution in [0, 0.1) is 0 Å². The lowest BCUT2D eigenvalue weighted by Crippen LogP contribution is -2.46. The largest absolute Gasteiger partial charge is 0.354 e. The molecule has 5 nitrogen and oxygen atoms in total. The van der Waals surface area contributed by atoms with Crippen molar-refractivity contribution < 1.29 is 9.59 Å². The first kappa shape index (κ1) is 18.5. The van der Waals surface area contributed by atoms with Gasteiger partial charge >= 0.3 is 0 Å². The van der Waals surface area contributed by atoms with Crippen molar-refractivity contribution in [3.05, 3.63) is 35.9 Å². The van der Waals surface area contributed by atoms with Crippen LogP contribution in [0.3, 0.4) is 0 Å². The fraction of sp³-hybridized carbons (Fsp3) is 0.579. The molecule has 5 heteroatoms. The number of carbonyl (C=O) groups is 2. The molecule has 0 spiro atoms. The van der Waals surface area contributed by atoms with Crippen molar-refractivity contribution in [1.29, 1.82) is 0 Å². The van der Waals surface area contributed by atoms with E-state index < -0.39 is 0 Å². The van der Waals surface area contributed by atoms with E-state index in [0.29, 0.717) is 19.5 Å². The Morgan fingerprint density at radius 1 is 1.29 bits per heavy atom. The topological polar surface area (TPSA) is 61.4 Å². The summed E-state index contributed by atoms with van der Waals surface area (Å²) in [6, 6.07) is 9.63. The molecule has 24 heavy (non-hydrogen) atoms. The van der Waals surface area contributed by atoms with Gasteiger partial charge in [-0.05, 0) is 31.9 Å². The molecule has 1 aromatic rings. The molecule has 1 heterocycles. The Labute approximate surface area is 144 Å². The van der Waals surface area contributed by atoms with Crippen LogP contribution in [0.1, 0.15) is 50.6 Å². The van der Waals surface area contributed by atoms with Gasteiger partial charge in [0.15, 0.2) is 0 Å². The van der Waals surface area contributed by atoms with E-state index in [2.05, 4.69) is 17.6 Å². The van der Waals surface area contributed by atoms with Crippen molar-refractivity contribution in [1.82, 2.24) is 15.5 Å². The summed E-state index contributed by atoms with van der Waals surface area (Å²) in [4.78, 5) is 26.8.